The van der Waals surface area contributed by atoms with E-state index in [4.69, 9.17) is 0 Å². The van der Waals surface area contributed by atoms with Crippen LogP contribution in [0.15, 0.2) is 65.9 Å². The zero-order valence-corrected chi connectivity index (χ0v) is 18.7. The van der Waals surface area contributed by atoms with E-state index >= 15 is 0 Å². The predicted molar refractivity (Wildman–Crippen MR) is 124 cm³/mol. The standard InChI is InChI=1S/C26H32N2O3/c1-4-5-9-18-28-24(20-13-15-21(16-14-20)27(2)3)23(25(30)26(28)31)22(29)17-12-19-10-7-6-8-11-19/h6-8,10-11,13-16,24,30H,4-5,9,12,17-18H2,1-3H3. The Labute approximate surface area is 185 Å². The van der Waals surface area contributed by atoms with Gasteiger partial charge in [-0.05, 0) is 36.1 Å². The minimum Gasteiger partial charge on any atom is -0.503 e. The van der Waals surface area contributed by atoms with E-state index < -0.39 is 17.7 Å². The van der Waals surface area contributed by atoms with E-state index in [1.165, 1.54) is 0 Å². The molecule has 3 rings (SSSR count). The van der Waals surface area contributed by atoms with Gasteiger partial charge in [0.1, 0.15) is 0 Å². The molecule has 164 valence electrons. The average Bonchev–Trinajstić information content (AvgIpc) is 3.03. The van der Waals surface area contributed by atoms with Crippen LogP contribution in [-0.2, 0) is 16.0 Å². The van der Waals surface area contributed by atoms with E-state index in [9.17, 15) is 14.7 Å². The summed E-state index contributed by atoms with van der Waals surface area (Å²) in [6, 6.07) is 17.1. The number of carbonyl (C=O) groups is 2. The van der Waals surface area contributed by atoms with Gasteiger partial charge in [-0.1, -0.05) is 62.2 Å². The summed E-state index contributed by atoms with van der Waals surface area (Å²) in [5.74, 6) is -1.01. The lowest BCUT2D eigenvalue weighted by Crippen LogP contribution is -2.32. The van der Waals surface area contributed by atoms with E-state index in [1.807, 2.05) is 73.6 Å². The number of rotatable bonds is 10. The summed E-state index contributed by atoms with van der Waals surface area (Å²) >= 11 is 0. The van der Waals surface area contributed by atoms with Crippen molar-refractivity contribution in [3.05, 3.63) is 77.1 Å². The number of hydrogen-bond donors (Lipinski definition) is 1. The van der Waals surface area contributed by atoms with Gasteiger partial charge in [0.25, 0.3) is 5.91 Å². The van der Waals surface area contributed by atoms with Gasteiger partial charge >= 0.3 is 0 Å². The van der Waals surface area contributed by atoms with Crippen LogP contribution in [0.1, 0.15) is 49.8 Å². The minimum absolute atomic E-state index is 0.172. The first-order chi connectivity index (χ1) is 14.9. The second-order valence-electron chi connectivity index (χ2n) is 8.27. The molecule has 0 saturated carbocycles. The molecule has 1 unspecified atom stereocenters. The molecule has 0 aromatic heterocycles. The van der Waals surface area contributed by atoms with Crippen molar-refractivity contribution in [3.63, 3.8) is 0 Å². The maximum absolute atomic E-state index is 13.2. The smallest absolute Gasteiger partial charge is 0.290 e. The van der Waals surface area contributed by atoms with E-state index in [1.54, 1.807) is 4.90 Å². The van der Waals surface area contributed by atoms with Crippen molar-refractivity contribution in [1.82, 2.24) is 4.90 Å². The Kier molecular flexibility index (Phi) is 7.50. The summed E-state index contributed by atoms with van der Waals surface area (Å²) in [6.45, 7) is 2.63. The summed E-state index contributed by atoms with van der Waals surface area (Å²) < 4.78 is 0. The van der Waals surface area contributed by atoms with E-state index in [0.29, 0.717) is 13.0 Å². The number of carbonyl (C=O) groups excluding carboxylic acids is 2. The van der Waals surface area contributed by atoms with Crippen LogP contribution in [0.4, 0.5) is 5.69 Å². The number of Topliss-reactive ketones (excluding diaryl/α,β-unsaturated/α-hetero) is 1. The van der Waals surface area contributed by atoms with Crippen molar-refractivity contribution >= 4 is 17.4 Å². The van der Waals surface area contributed by atoms with Crippen molar-refractivity contribution in [1.29, 1.82) is 0 Å². The third kappa shape index (κ3) is 5.16. The van der Waals surface area contributed by atoms with E-state index in [-0.39, 0.29) is 17.8 Å². The van der Waals surface area contributed by atoms with Gasteiger partial charge in [-0.3, -0.25) is 9.59 Å². The molecule has 0 fully saturated rings. The number of aryl methyl sites for hydroxylation is 1. The molecule has 1 atom stereocenters. The van der Waals surface area contributed by atoms with Gasteiger partial charge in [-0.2, -0.15) is 0 Å². The summed E-state index contributed by atoms with van der Waals surface area (Å²) in [4.78, 5) is 29.8. The van der Waals surface area contributed by atoms with Gasteiger partial charge in [0.15, 0.2) is 11.5 Å². The van der Waals surface area contributed by atoms with Gasteiger partial charge in [-0.25, -0.2) is 0 Å². The molecular weight excluding hydrogens is 388 g/mol. The first kappa shape index (κ1) is 22.6. The number of anilines is 1. The number of aliphatic hydroxyl groups excluding tert-OH is 1. The van der Waals surface area contributed by atoms with Gasteiger partial charge in [0, 0.05) is 32.7 Å². The molecule has 1 N–H and O–H groups in total. The molecule has 0 bridgehead atoms. The highest BCUT2D eigenvalue weighted by Crippen LogP contribution is 2.39. The summed E-state index contributed by atoms with van der Waals surface area (Å²) in [7, 11) is 3.94. The Morgan fingerprint density at radius 2 is 1.71 bits per heavy atom. The maximum atomic E-state index is 13.2. The van der Waals surface area contributed by atoms with Gasteiger partial charge < -0.3 is 14.9 Å². The lowest BCUT2D eigenvalue weighted by Gasteiger charge is -2.27. The first-order valence-corrected chi connectivity index (χ1v) is 11.0. The van der Waals surface area contributed by atoms with Crippen LogP contribution in [0.25, 0.3) is 0 Å². The van der Waals surface area contributed by atoms with Crippen LogP contribution in [0.3, 0.4) is 0 Å². The Morgan fingerprint density at radius 1 is 1.03 bits per heavy atom. The summed E-state index contributed by atoms with van der Waals surface area (Å²) in [6.07, 6.45) is 3.70. The Bertz CT molecular complexity index is 933. The summed E-state index contributed by atoms with van der Waals surface area (Å²) in [5, 5.41) is 10.7. The molecule has 1 heterocycles. The third-order valence-corrected chi connectivity index (χ3v) is 5.82. The number of nitrogens with zero attached hydrogens (tertiary/aromatic N) is 2. The van der Waals surface area contributed by atoms with Crippen LogP contribution in [0, 0.1) is 0 Å². The van der Waals surface area contributed by atoms with Crippen LogP contribution in [-0.4, -0.2) is 42.3 Å². The lowest BCUT2D eigenvalue weighted by atomic mass is 9.93. The highest BCUT2D eigenvalue weighted by Gasteiger charge is 2.42. The Hall–Kier alpha value is -3.08. The quantitative estimate of drug-likeness (QED) is 0.559. The molecule has 0 saturated heterocycles. The van der Waals surface area contributed by atoms with Crippen molar-refractivity contribution in [3.8, 4) is 0 Å². The molecule has 0 radical (unpaired) electrons. The van der Waals surface area contributed by atoms with Gasteiger partial charge in [0.05, 0.1) is 11.6 Å². The second-order valence-corrected chi connectivity index (χ2v) is 8.27. The zero-order chi connectivity index (χ0) is 22.4. The Balaban J connectivity index is 1.89. The fourth-order valence-electron chi connectivity index (χ4n) is 4.04. The summed E-state index contributed by atoms with van der Waals surface area (Å²) in [5.41, 5.74) is 3.18. The van der Waals surface area contributed by atoms with Crippen molar-refractivity contribution in [2.75, 3.05) is 25.5 Å². The molecule has 5 heteroatoms. The third-order valence-electron chi connectivity index (χ3n) is 5.82. The molecule has 0 aliphatic carbocycles. The number of unbranched alkanes of at least 4 members (excludes halogenated alkanes) is 2. The van der Waals surface area contributed by atoms with Crippen LogP contribution in [0.5, 0.6) is 0 Å². The average molecular weight is 421 g/mol. The number of benzene rings is 2. The maximum Gasteiger partial charge on any atom is 0.290 e. The lowest BCUT2D eigenvalue weighted by molar-refractivity contribution is -0.129. The van der Waals surface area contributed by atoms with Crippen molar-refractivity contribution in [2.24, 2.45) is 0 Å². The van der Waals surface area contributed by atoms with Gasteiger partial charge in [-0.15, -0.1) is 0 Å². The predicted octanol–water partition coefficient (Wildman–Crippen LogP) is 4.84. The number of hydrogen-bond acceptors (Lipinski definition) is 4. The number of ketones is 1. The van der Waals surface area contributed by atoms with Crippen molar-refractivity contribution in [2.45, 2.75) is 45.1 Å². The highest BCUT2D eigenvalue weighted by molar-refractivity contribution is 6.09. The molecule has 0 spiro atoms. The minimum atomic E-state index is -0.538. The van der Waals surface area contributed by atoms with Crippen LogP contribution in [0.2, 0.25) is 0 Å². The molecule has 31 heavy (non-hydrogen) atoms. The topological polar surface area (TPSA) is 60.9 Å². The largest absolute Gasteiger partial charge is 0.503 e. The number of amides is 1. The fourth-order valence-corrected chi connectivity index (χ4v) is 4.04. The molecule has 5 nitrogen and oxygen atoms in total. The SMILES string of the molecule is CCCCCN1C(=O)C(O)=C(C(=O)CCc2ccccc2)C1c1ccc(N(C)C)cc1. The van der Waals surface area contributed by atoms with Gasteiger partial charge in [0.2, 0.25) is 0 Å². The number of aliphatic hydroxyl groups is 1. The monoisotopic (exact) mass is 420 g/mol. The van der Waals surface area contributed by atoms with E-state index in [0.717, 1.165) is 36.1 Å². The molecule has 2 aromatic carbocycles. The Morgan fingerprint density at radius 3 is 2.32 bits per heavy atom. The van der Waals surface area contributed by atoms with E-state index in [2.05, 4.69) is 6.92 Å². The molecular formula is C26H32N2O3. The molecule has 1 aliphatic heterocycles. The van der Waals surface area contributed by atoms with Crippen LogP contribution >= 0.6 is 0 Å². The molecule has 1 amide bonds. The zero-order valence-electron chi connectivity index (χ0n) is 18.7. The van der Waals surface area contributed by atoms with Crippen molar-refractivity contribution < 1.29 is 14.7 Å². The highest BCUT2D eigenvalue weighted by atomic mass is 16.3. The molecule has 2 aromatic rings. The first-order valence-electron chi connectivity index (χ1n) is 11.0. The fraction of sp³-hybridized carbons (Fsp3) is 0.385. The normalized spacial score (nSPS) is 16.2. The molecule has 1 aliphatic rings. The second kappa shape index (κ2) is 10.3. The van der Waals surface area contributed by atoms with Crippen LogP contribution < -0.4 is 4.90 Å².